The number of carbonyl (C=O) groups excluding carboxylic acids is 3. The molecule has 0 aliphatic carbocycles. The normalized spacial score (nSPS) is 18.5. The molecule has 32 heavy (non-hydrogen) atoms. The summed E-state index contributed by atoms with van der Waals surface area (Å²) in [4.78, 5) is 38.3. The molecule has 1 saturated heterocycles. The monoisotopic (exact) mass is 472 g/mol. The Morgan fingerprint density at radius 3 is 2.66 bits per heavy atom. The van der Waals surface area contributed by atoms with Crippen molar-refractivity contribution >= 4 is 34.1 Å². The summed E-state index contributed by atoms with van der Waals surface area (Å²) in [7, 11) is -4.87. The number of aromatic nitrogens is 2. The van der Waals surface area contributed by atoms with Gasteiger partial charge in [0.2, 0.25) is 0 Å². The fourth-order valence-corrected chi connectivity index (χ4v) is 3.53. The van der Waals surface area contributed by atoms with Crippen molar-refractivity contribution in [3.05, 3.63) is 24.0 Å². The van der Waals surface area contributed by atoms with Gasteiger partial charge in [-0.1, -0.05) is 0 Å². The predicted molar refractivity (Wildman–Crippen MR) is 108 cm³/mol. The number of urea groups is 1. The number of hydrogen-bond donors (Lipinski definition) is 2. The summed E-state index contributed by atoms with van der Waals surface area (Å²) in [6.45, 7) is 7.16. The van der Waals surface area contributed by atoms with E-state index in [-0.39, 0.29) is 25.2 Å². The average molecular weight is 472 g/mol. The van der Waals surface area contributed by atoms with E-state index >= 15 is 0 Å². The van der Waals surface area contributed by atoms with Gasteiger partial charge in [0.25, 0.3) is 5.91 Å². The molecule has 1 aromatic heterocycles. The van der Waals surface area contributed by atoms with Crippen molar-refractivity contribution in [2.75, 3.05) is 19.6 Å². The van der Waals surface area contributed by atoms with Gasteiger partial charge in [-0.25, -0.2) is 24.7 Å². The molecule has 2 N–H and O–H groups in total. The predicted octanol–water partition coefficient (Wildman–Crippen LogP) is 0.480. The van der Waals surface area contributed by atoms with Crippen LogP contribution in [0.15, 0.2) is 18.5 Å². The molecule has 4 amide bonds. The number of hydroxylamine groups is 2. The van der Waals surface area contributed by atoms with Crippen LogP contribution in [0.5, 0.6) is 0 Å². The Hall–Kier alpha value is -3.17. The molecule has 1 aromatic rings. The van der Waals surface area contributed by atoms with Crippen molar-refractivity contribution in [1.82, 2.24) is 30.2 Å². The van der Waals surface area contributed by atoms with Gasteiger partial charge in [-0.05, 0) is 33.8 Å². The zero-order valence-corrected chi connectivity index (χ0v) is 18.7. The molecule has 2 aliphatic rings. The van der Waals surface area contributed by atoms with Gasteiger partial charge >= 0.3 is 22.5 Å². The first-order valence-electron chi connectivity index (χ1n) is 9.60. The Kier molecular flexibility index (Phi) is 6.17. The molecule has 14 nitrogen and oxygen atoms in total. The van der Waals surface area contributed by atoms with Gasteiger partial charge in [0, 0.05) is 19.3 Å². The van der Waals surface area contributed by atoms with Gasteiger partial charge in [-0.2, -0.15) is 18.6 Å². The van der Waals surface area contributed by atoms with E-state index in [1.807, 2.05) is 0 Å². The van der Waals surface area contributed by atoms with E-state index in [4.69, 9.17) is 9.29 Å². The zero-order valence-electron chi connectivity index (χ0n) is 17.9. The van der Waals surface area contributed by atoms with Crippen LogP contribution in [0, 0.1) is 0 Å². The fraction of sp³-hybridized carbons (Fsp3) is 0.529. The fourth-order valence-electron chi connectivity index (χ4n) is 3.15. The molecule has 3 rings (SSSR count). The largest absolute Gasteiger partial charge is 0.443 e. The summed E-state index contributed by atoms with van der Waals surface area (Å²) in [5.74, 6) is -0.531. The summed E-state index contributed by atoms with van der Waals surface area (Å²) < 4.78 is 41.7. The van der Waals surface area contributed by atoms with E-state index in [1.165, 1.54) is 22.0 Å². The number of fused-ring (bicyclic) bond motifs is 2. The van der Waals surface area contributed by atoms with Gasteiger partial charge in [-0.3, -0.25) is 9.35 Å². The van der Waals surface area contributed by atoms with Crippen molar-refractivity contribution < 1.29 is 36.4 Å². The lowest BCUT2D eigenvalue weighted by atomic mass is 10.2. The number of nitrogens with zero attached hydrogens (tertiary/aromatic N) is 5. The van der Waals surface area contributed by atoms with Crippen molar-refractivity contribution in [2.24, 2.45) is 0 Å². The molecule has 1 atom stereocenters. The third-order valence-electron chi connectivity index (χ3n) is 4.39. The second-order valence-corrected chi connectivity index (χ2v) is 9.06. The van der Waals surface area contributed by atoms with Crippen LogP contribution in [0.2, 0.25) is 0 Å². The molecule has 0 spiro atoms. The summed E-state index contributed by atoms with van der Waals surface area (Å²) in [6.07, 6.45) is 3.47. The lowest BCUT2D eigenvalue weighted by molar-refractivity contribution is -0.0183. The molecule has 15 heteroatoms. The van der Waals surface area contributed by atoms with E-state index in [9.17, 15) is 22.8 Å². The van der Waals surface area contributed by atoms with Crippen LogP contribution in [-0.4, -0.2) is 87.0 Å². The van der Waals surface area contributed by atoms with Crippen LogP contribution < -0.4 is 5.43 Å². The Balaban J connectivity index is 1.74. The minimum Gasteiger partial charge on any atom is -0.443 e. The highest BCUT2D eigenvalue weighted by molar-refractivity contribution is 7.80. The Labute approximate surface area is 184 Å². The first-order chi connectivity index (χ1) is 14.8. The van der Waals surface area contributed by atoms with Crippen molar-refractivity contribution in [2.45, 2.75) is 39.3 Å². The van der Waals surface area contributed by atoms with E-state index < -0.39 is 40.1 Å². The van der Waals surface area contributed by atoms with Crippen molar-refractivity contribution in [1.29, 1.82) is 0 Å². The van der Waals surface area contributed by atoms with Crippen LogP contribution in [0.3, 0.4) is 0 Å². The summed E-state index contributed by atoms with van der Waals surface area (Å²) in [5, 5.41) is 5.76. The molecule has 0 radical (unpaired) electrons. The number of amides is 4. The van der Waals surface area contributed by atoms with Gasteiger partial charge < -0.3 is 9.64 Å². The number of ether oxygens (including phenoxy) is 1. The number of rotatable bonds is 5. The maximum absolute atomic E-state index is 12.8. The maximum Gasteiger partial charge on any atom is 0.426 e. The van der Waals surface area contributed by atoms with Gasteiger partial charge in [0.15, 0.2) is 0 Å². The highest BCUT2D eigenvalue weighted by atomic mass is 32.3. The van der Waals surface area contributed by atoms with E-state index in [2.05, 4.69) is 14.8 Å². The van der Waals surface area contributed by atoms with E-state index in [0.29, 0.717) is 10.8 Å². The van der Waals surface area contributed by atoms with E-state index in [0.717, 1.165) is 5.01 Å². The molecule has 1 fully saturated rings. The standard InChI is InChI=1S/C17H24N6O8S/c1-5-21(19-15(25)30-17(2,3)4)14(24)11-7-18-22(8-11)12-6-13-10-20(9-12)16(26)23(13)31-32(27,28)29/h6-8,13H,5,9-10H2,1-4H3,(H,19,25)(H,27,28,29). The van der Waals surface area contributed by atoms with Crippen LogP contribution in [0.4, 0.5) is 9.59 Å². The quantitative estimate of drug-likeness (QED) is 0.458. The highest BCUT2D eigenvalue weighted by Gasteiger charge is 2.43. The Morgan fingerprint density at radius 1 is 1.38 bits per heavy atom. The molecule has 2 bridgehead atoms. The van der Waals surface area contributed by atoms with Crippen molar-refractivity contribution in [3.8, 4) is 0 Å². The molecule has 0 saturated carbocycles. The summed E-state index contributed by atoms with van der Waals surface area (Å²) >= 11 is 0. The third kappa shape index (κ3) is 5.35. The minimum atomic E-state index is -4.87. The maximum atomic E-state index is 12.8. The molecular formula is C17H24N6O8S. The SMILES string of the molecule is CCN(NC(=O)OC(C)(C)C)C(=O)c1cnn(C2=CC3CN(C2)C(=O)N3OS(=O)(=O)O)c1. The van der Waals surface area contributed by atoms with Gasteiger partial charge in [0.05, 0.1) is 24.0 Å². The van der Waals surface area contributed by atoms with Crippen LogP contribution in [0.1, 0.15) is 38.1 Å². The number of hydrogen-bond acceptors (Lipinski definition) is 8. The second-order valence-electron chi connectivity index (χ2n) is 8.05. The number of hydrazine groups is 1. The average Bonchev–Trinajstić information content (AvgIpc) is 3.23. The highest BCUT2D eigenvalue weighted by Crippen LogP contribution is 2.27. The van der Waals surface area contributed by atoms with E-state index in [1.54, 1.807) is 33.8 Å². The molecule has 0 aromatic carbocycles. The number of nitrogens with one attached hydrogen (secondary N) is 1. The van der Waals surface area contributed by atoms with Gasteiger partial charge in [-0.15, -0.1) is 4.28 Å². The molecular weight excluding hydrogens is 448 g/mol. The van der Waals surface area contributed by atoms with Crippen LogP contribution in [-0.2, 0) is 19.4 Å². The van der Waals surface area contributed by atoms with Crippen LogP contribution >= 0.6 is 0 Å². The lowest BCUT2D eigenvalue weighted by Crippen LogP contribution is -2.47. The summed E-state index contributed by atoms with van der Waals surface area (Å²) in [5.41, 5.74) is 2.30. The molecule has 1 unspecified atom stereocenters. The molecule has 3 heterocycles. The third-order valence-corrected chi connectivity index (χ3v) is 4.74. The first kappa shape index (κ1) is 23.5. The first-order valence-corrected chi connectivity index (χ1v) is 11.0. The smallest absolute Gasteiger partial charge is 0.426 e. The molecule has 176 valence electrons. The Bertz CT molecular complexity index is 1060. The topological polar surface area (TPSA) is 164 Å². The Morgan fingerprint density at radius 2 is 2.06 bits per heavy atom. The lowest BCUT2D eigenvalue weighted by Gasteiger charge is -2.25. The minimum absolute atomic E-state index is 0.0730. The number of carbonyl (C=O) groups is 3. The second kappa shape index (κ2) is 8.40. The zero-order chi connectivity index (χ0) is 23.8. The van der Waals surface area contributed by atoms with Crippen LogP contribution in [0.25, 0.3) is 5.70 Å². The summed E-state index contributed by atoms with van der Waals surface area (Å²) in [6, 6.07) is -1.52. The molecule has 2 aliphatic heterocycles. The van der Waals surface area contributed by atoms with Crippen molar-refractivity contribution in [3.63, 3.8) is 0 Å². The van der Waals surface area contributed by atoms with Gasteiger partial charge in [0.1, 0.15) is 11.6 Å².